The van der Waals surface area contributed by atoms with Crippen LogP contribution in [-0.4, -0.2) is 51.7 Å². The van der Waals surface area contributed by atoms with Gasteiger partial charge >= 0.3 is 0 Å². The van der Waals surface area contributed by atoms with Crippen LogP contribution >= 0.6 is 12.4 Å². The maximum absolute atomic E-state index is 12.4. The third kappa shape index (κ3) is 4.18. The lowest BCUT2D eigenvalue weighted by molar-refractivity contribution is 0.0737. The van der Waals surface area contributed by atoms with Gasteiger partial charge in [-0.05, 0) is 44.2 Å². The van der Waals surface area contributed by atoms with Crippen molar-refractivity contribution in [2.24, 2.45) is 0 Å². The number of rotatable bonds is 4. The number of carbonyl (C=O) groups is 1. The number of carbonyl (C=O) groups excluding carboxylic acids is 1. The molecule has 2 rings (SSSR count). The first kappa shape index (κ1) is 17.9. The van der Waals surface area contributed by atoms with E-state index in [0.717, 1.165) is 32.2 Å². The van der Waals surface area contributed by atoms with Gasteiger partial charge in [0.05, 0.1) is 4.90 Å². The van der Waals surface area contributed by atoms with Crippen LogP contribution < -0.4 is 5.32 Å². The summed E-state index contributed by atoms with van der Waals surface area (Å²) < 4.78 is 22.8. The molecule has 0 bridgehead atoms. The highest BCUT2D eigenvalue weighted by Gasteiger charge is 2.28. The summed E-state index contributed by atoms with van der Waals surface area (Å²) in [4.78, 5) is 14.5. The molecule has 0 radical (unpaired) electrons. The minimum Gasteiger partial charge on any atom is -0.334 e. The molecule has 1 aromatic carbocycles. The number of hydrogen-bond donors (Lipinski definition) is 1. The maximum Gasteiger partial charge on any atom is 0.254 e. The summed E-state index contributed by atoms with van der Waals surface area (Å²) in [5.41, 5.74) is 0.542. The van der Waals surface area contributed by atoms with Gasteiger partial charge in [0.2, 0.25) is 0 Å². The van der Waals surface area contributed by atoms with Crippen LogP contribution in [0.3, 0.4) is 0 Å². The van der Waals surface area contributed by atoms with E-state index in [9.17, 15) is 13.2 Å². The van der Waals surface area contributed by atoms with Gasteiger partial charge in [-0.2, -0.15) is 0 Å². The molecule has 1 aliphatic rings. The highest BCUT2D eigenvalue weighted by molar-refractivity contribution is 7.90. The van der Waals surface area contributed by atoms with Crippen LogP contribution in [0.15, 0.2) is 29.2 Å². The first-order chi connectivity index (χ1) is 9.43. The molecule has 1 heterocycles. The quantitative estimate of drug-likeness (QED) is 0.903. The standard InChI is InChI=1S/C14H20N2O3S.ClH/c1-15-10-12-4-3-9-16(12)14(17)11-5-7-13(8-6-11)20(2,18)19;/h5-8,12,15H,3-4,9-10H2,1-2H3;1H. The van der Waals surface area contributed by atoms with E-state index in [4.69, 9.17) is 0 Å². The molecule has 0 spiro atoms. The number of amides is 1. The Labute approximate surface area is 132 Å². The Morgan fingerprint density at radius 1 is 1.33 bits per heavy atom. The number of halogens is 1. The molecule has 0 saturated carbocycles. The molecule has 1 atom stereocenters. The van der Waals surface area contributed by atoms with Gasteiger partial charge in [0, 0.05) is 31.0 Å². The Balaban J connectivity index is 0.00000220. The lowest BCUT2D eigenvalue weighted by atomic mass is 10.1. The zero-order chi connectivity index (χ0) is 14.8. The van der Waals surface area contributed by atoms with E-state index < -0.39 is 9.84 Å². The van der Waals surface area contributed by atoms with E-state index in [-0.39, 0.29) is 29.3 Å². The number of hydrogen-bond acceptors (Lipinski definition) is 4. The van der Waals surface area contributed by atoms with Gasteiger partial charge < -0.3 is 10.2 Å². The molecule has 7 heteroatoms. The molecule has 118 valence electrons. The van der Waals surface area contributed by atoms with Crippen molar-refractivity contribution < 1.29 is 13.2 Å². The zero-order valence-electron chi connectivity index (χ0n) is 12.2. The fourth-order valence-electron chi connectivity index (χ4n) is 2.56. The summed E-state index contributed by atoms with van der Waals surface area (Å²) in [6.07, 6.45) is 3.18. The summed E-state index contributed by atoms with van der Waals surface area (Å²) in [7, 11) is -1.34. The first-order valence-electron chi connectivity index (χ1n) is 6.69. The number of benzene rings is 1. The molecule has 1 unspecified atom stereocenters. The van der Waals surface area contributed by atoms with E-state index >= 15 is 0 Å². The highest BCUT2D eigenvalue weighted by atomic mass is 35.5. The molecule has 21 heavy (non-hydrogen) atoms. The topological polar surface area (TPSA) is 66.5 Å². The predicted molar refractivity (Wildman–Crippen MR) is 84.8 cm³/mol. The molecular weight excluding hydrogens is 312 g/mol. The average Bonchev–Trinajstić information content (AvgIpc) is 2.86. The summed E-state index contributed by atoms with van der Waals surface area (Å²) in [6.45, 7) is 1.55. The summed E-state index contributed by atoms with van der Waals surface area (Å²) in [5, 5.41) is 3.10. The van der Waals surface area contributed by atoms with Gasteiger partial charge in [0.1, 0.15) is 0 Å². The van der Waals surface area contributed by atoms with Crippen molar-refractivity contribution in [3.8, 4) is 0 Å². The van der Waals surface area contributed by atoms with Gasteiger partial charge in [-0.15, -0.1) is 12.4 Å². The number of sulfone groups is 1. The smallest absolute Gasteiger partial charge is 0.254 e. The first-order valence-corrected chi connectivity index (χ1v) is 8.58. The zero-order valence-corrected chi connectivity index (χ0v) is 13.8. The second kappa shape index (κ2) is 7.24. The summed E-state index contributed by atoms with van der Waals surface area (Å²) in [5.74, 6) is -0.0252. The Morgan fingerprint density at radius 3 is 2.48 bits per heavy atom. The van der Waals surface area contributed by atoms with Crippen LogP contribution in [0.5, 0.6) is 0 Å². The lowest BCUT2D eigenvalue weighted by Gasteiger charge is -2.24. The van der Waals surface area contributed by atoms with Crippen molar-refractivity contribution in [2.75, 3.05) is 26.4 Å². The van der Waals surface area contributed by atoms with Gasteiger partial charge in [-0.1, -0.05) is 0 Å². The number of nitrogens with zero attached hydrogens (tertiary/aromatic N) is 1. The molecule has 5 nitrogen and oxygen atoms in total. The number of likely N-dealkylation sites (tertiary alicyclic amines) is 1. The molecule has 0 aromatic heterocycles. The predicted octanol–water partition coefficient (Wildman–Crippen LogP) is 1.34. The Kier molecular flexibility index (Phi) is 6.19. The minimum atomic E-state index is -3.22. The van der Waals surface area contributed by atoms with Crippen LogP contribution in [0.4, 0.5) is 0 Å². The third-order valence-electron chi connectivity index (χ3n) is 3.61. The number of likely N-dealkylation sites (N-methyl/N-ethyl adjacent to an activating group) is 1. The fraction of sp³-hybridized carbons (Fsp3) is 0.500. The Bertz CT molecular complexity index is 587. The average molecular weight is 333 g/mol. The van der Waals surface area contributed by atoms with Crippen LogP contribution in [0.1, 0.15) is 23.2 Å². The van der Waals surface area contributed by atoms with E-state index in [2.05, 4.69) is 5.32 Å². The second-order valence-electron chi connectivity index (χ2n) is 5.15. The molecule has 1 aromatic rings. The third-order valence-corrected chi connectivity index (χ3v) is 4.74. The van der Waals surface area contributed by atoms with Crippen LogP contribution in [-0.2, 0) is 9.84 Å². The highest BCUT2D eigenvalue weighted by Crippen LogP contribution is 2.20. The fourth-order valence-corrected chi connectivity index (χ4v) is 3.19. The molecule has 1 saturated heterocycles. The monoisotopic (exact) mass is 332 g/mol. The van der Waals surface area contributed by atoms with Crippen molar-refractivity contribution in [1.82, 2.24) is 10.2 Å². The lowest BCUT2D eigenvalue weighted by Crippen LogP contribution is -2.40. The molecular formula is C14H21ClN2O3S. The Morgan fingerprint density at radius 2 is 1.95 bits per heavy atom. The normalized spacial score (nSPS) is 18.4. The van der Waals surface area contributed by atoms with Crippen LogP contribution in [0.25, 0.3) is 0 Å². The van der Waals surface area contributed by atoms with Crippen molar-refractivity contribution in [3.63, 3.8) is 0 Å². The van der Waals surface area contributed by atoms with Gasteiger partial charge in [0.25, 0.3) is 5.91 Å². The maximum atomic E-state index is 12.4. The molecule has 1 fully saturated rings. The van der Waals surface area contributed by atoms with Crippen molar-refractivity contribution >= 4 is 28.2 Å². The van der Waals surface area contributed by atoms with Crippen molar-refractivity contribution in [3.05, 3.63) is 29.8 Å². The Hall–Kier alpha value is -1.11. The van der Waals surface area contributed by atoms with E-state index in [1.54, 1.807) is 12.1 Å². The molecule has 1 amide bonds. The van der Waals surface area contributed by atoms with Gasteiger partial charge in [0.15, 0.2) is 9.84 Å². The minimum absolute atomic E-state index is 0. The second-order valence-corrected chi connectivity index (χ2v) is 7.16. The summed E-state index contributed by atoms with van der Waals surface area (Å²) >= 11 is 0. The van der Waals surface area contributed by atoms with Crippen LogP contribution in [0.2, 0.25) is 0 Å². The SMILES string of the molecule is CNCC1CCCN1C(=O)c1ccc(S(C)(=O)=O)cc1.Cl. The molecule has 1 N–H and O–H groups in total. The van der Waals surface area contributed by atoms with E-state index in [0.29, 0.717) is 5.56 Å². The molecule has 1 aliphatic heterocycles. The van der Waals surface area contributed by atoms with Crippen molar-refractivity contribution in [1.29, 1.82) is 0 Å². The van der Waals surface area contributed by atoms with Gasteiger partial charge in [-0.25, -0.2) is 8.42 Å². The van der Waals surface area contributed by atoms with Crippen LogP contribution in [0, 0.1) is 0 Å². The summed E-state index contributed by atoms with van der Waals surface area (Å²) in [6, 6.07) is 6.39. The molecule has 0 aliphatic carbocycles. The largest absolute Gasteiger partial charge is 0.334 e. The van der Waals surface area contributed by atoms with E-state index in [1.807, 2.05) is 11.9 Å². The van der Waals surface area contributed by atoms with Gasteiger partial charge in [-0.3, -0.25) is 4.79 Å². The van der Waals surface area contributed by atoms with Crippen molar-refractivity contribution in [2.45, 2.75) is 23.8 Å². The number of nitrogens with one attached hydrogen (secondary N) is 1. The van der Waals surface area contributed by atoms with E-state index in [1.165, 1.54) is 12.1 Å².